The van der Waals surface area contributed by atoms with Gasteiger partial charge in [0.1, 0.15) is 11.0 Å². The Hall–Kier alpha value is -1.16. The fourth-order valence-electron chi connectivity index (χ4n) is 1.45. The molecule has 0 amide bonds. The normalized spacial score (nSPS) is 19.7. The minimum absolute atomic E-state index is 0.154. The lowest BCUT2D eigenvalue weighted by Gasteiger charge is -2.09. The second-order valence-electron chi connectivity index (χ2n) is 3.21. The van der Waals surface area contributed by atoms with Gasteiger partial charge in [-0.2, -0.15) is 0 Å². The molecule has 0 saturated carbocycles. The van der Waals surface area contributed by atoms with Gasteiger partial charge in [0.05, 0.1) is 18.6 Å². The van der Waals surface area contributed by atoms with Crippen LogP contribution in [0.15, 0.2) is 29.2 Å². The van der Waals surface area contributed by atoms with Crippen molar-refractivity contribution in [2.75, 3.05) is 13.7 Å². The van der Waals surface area contributed by atoms with E-state index in [0.717, 1.165) is 10.6 Å². The molecule has 1 aromatic carbocycles. The topological polar surface area (TPSA) is 35.5 Å². The first-order valence-corrected chi connectivity index (χ1v) is 5.65. The maximum Gasteiger partial charge on any atom is 0.319 e. The number of carbonyl (C=O) groups excluding carboxylic acids is 1. The number of benzene rings is 1. The minimum Gasteiger partial charge on any atom is -0.492 e. The molecule has 0 aromatic heterocycles. The Balaban J connectivity index is 2.21. The van der Waals surface area contributed by atoms with Crippen molar-refractivity contribution in [3.05, 3.63) is 24.3 Å². The third-order valence-corrected chi connectivity index (χ3v) is 3.52. The van der Waals surface area contributed by atoms with E-state index in [1.165, 1.54) is 18.9 Å². The van der Waals surface area contributed by atoms with Gasteiger partial charge in [0.2, 0.25) is 0 Å². The first-order chi connectivity index (χ1) is 7.31. The summed E-state index contributed by atoms with van der Waals surface area (Å²) < 4.78 is 10.3. The van der Waals surface area contributed by atoms with Crippen molar-refractivity contribution in [2.45, 2.75) is 16.6 Å². The molecule has 1 aliphatic rings. The maximum absolute atomic E-state index is 11.4. The van der Waals surface area contributed by atoms with Crippen molar-refractivity contribution in [2.24, 2.45) is 0 Å². The molecule has 1 heterocycles. The largest absolute Gasteiger partial charge is 0.492 e. The summed E-state index contributed by atoms with van der Waals surface area (Å²) in [7, 11) is 1.42. The summed E-state index contributed by atoms with van der Waals surface area (Å²) in [5.41, 5.74) is 0. The third kappa shape index (κ3) is 2.26. The standard InChI is InChI=1S/C11H12O3S/c1-13-11(12)10-6-7-14-8-4-2-3-5-9(8)15-10/h2-5,10H,6-7H2,1H3. The van der Waals surface area contributed by atoms with E-state index in [0.29, 0.717) is 13.0 Å². The molecule has 0 N–H and O–H groups in total. The number of para-hydroxylation sites is 1. The fraction of sp³-hybridized carbons (Fsp3) is 0.364. The lowest BCUT2D eigenvalue weighted by Crippen LogP contribution is -2.19. The minimum atomic E-state index is -0.180. The number of carbonyl (C=O) groups is 1. The molecular weight excluding hydrogens is 212 g/mol. The Morgan fingerprint density at radius 3 is 3.13 bits per heavy atom. The third-order valence-electron chi connectivity index (χ3n) is 2.22. The fourth-order valence-corrected chi connectivity index (χ4v) is 2.57. The van der Waals surface area contributed by atoms with E-state index in [2.05, 4.69) is 0 Å². The molecule has 0 bridgehead atoms. The number of methoxy groups -OCH3 is 1. The second-order valence-corrected chi connectivity index (χ2v) is 4.46. The smallest absolute Gasteiger partial charge is 0.319 e. The van der Waals surface area contributed by atoms with E-state index >= 15 is 0 Å². The first kappa shape index (κ1) is 10.4. The van der Waals surface area contributed by atoms with Crippen molar-refractivity contribution in [1.29, 1.82) is 0 Å². The van der Waals surface area contributed by atoms with Gasteiger partial charge < -0.3 is 9.47 Å². The van der Waals surface area contributed by atoms with Crippen LogP contribution in [-0.2, 0) is 9.53 Å². The van der Waals surface area contributed by atoms with Gasteiger partial charge in [-0.05, 0) is 12.1 Å². The maximum atomic E-state index is 11.4. The number of thioether (sulfide) groups is 1. The van der Waals surface area contributed by atoms with Crippen LogP contribution >= 0.6 is 11.8 Å². The highest BCUT2D eigenvalue weighted by Gasteiger charge is 2.24. The van der Waals surface area contributed by atoms with Gasteiger partial charge in [-0.15, -0.1) is 11.8 Å². The SMILES string of the molecule is COC(=O)C1CCOc2ccccc2S1. The van der Waals surface area contributed by atoms with Crippen LogP contribution in [0.4, 0.5) is 0 Å². The number of ether oxygens (including phenoxy) is 2. The molecule has 2 rings (SSSR count). The zero-order valence-electron chi connectivity index (χ0n) is 8.43. The van der Waals surface area contributed by atoms with E-state index in [4.69, 9.17) is 9.47 Å². The second kappa shape index (κ2) is 4.57. The van der Waals surface area contributed by atoms with Crippen LogP contribution in [0.25, 0.3) is 0 Å². The molecule has 0 aliphatic carbocycles. The summed E-state index contributed by atoms with van der Waals surface area (Å²) in [5.74, 6) is 0.675. The van der Waals surface area contributed by atoms with Gasteiger partial charge in [0, 0.05) is 6.42 Å². The van der Waals surface area contributed by atoms with E-state index in [9.17, 15) is 4.79 Å². The highest BCUT2D eigenvalue weighted by molar-refractivity contribution is 8.00. The molecule has 3 nitrogen and oxygen atoms in total. The summed E-state index contributed by atoms with van der Waals surface area (Å²) in [6, 6.07) is 7.75. The molecular formula is C11H12O3S. The first-order valence-electron chi connectivity index (χ1n) is 4.77. The van der Waals surface area contributed by atoms with Crippen molar-refractivity contribution in [3.8, 4) is 5.75 Å². The molecule has 1 aliphatic heterocycles. The van der Waals surface area contributed by atoms with Gasteiger partial charge in [-0.25, -0.2) is 0 Å². The Bertz CT molecular complexity index is 365. The van der Waals surface area contributed by atoms with Crippen LogP contribution in [0, 0.1) is 0 Å². The molecule has 0 fully saturated rings. The number of rotatable bonds is 1. The Morgan fingerprint density at radius 2 is 2.33 bits per heavy atom. The number of esters is 1. The van der Waals surface area contributed by atoms with Gasteiger partial charge in [-0.3, -0.25) is 4.79 Å². The zero-order chi connectivity index (χ0) is 10.7. The Kier molecular flexibility index (Phi) is 3.16. The summed E-state index contributed by atoms with van der Waals surface area (Å²) >= 11 is 1.51. The van der Waals surface area contributed by atoms with Gasteiger partial charge >= 0.3 is 5.97 Å². The summed E-state index contributed by atoms with van der Waals surface area (Å²) in [6.07, 6.45) is 0.687. The molecule has 4 heteroatoms. The summed E-state index contributed by atoms with van der Waals surface area (Å²) in [6.45, 7) is 0.559. The van der Waals surface area contributed by atoms with E-state index < -0.39 is 0 Å². The number of hydrogen-bond acceptors (Lipinski definition) is 4. The van der Waals surface area contributed by atoms with Crippen molar-refractivity contribution >= 4 is 17.7 Å². The molecule has 1 atom stereocenters. The van der Waals surface area contributed by atoms with E-state index in [-0.39, 0.29) is 11.2 Å². The van der Waals surface area contributed by atoms with Crippen molar-refractivity contribution in [3.63, 3.8) is 0 Å². The van der Waals surface area contributed by atoms with Gasteiger partial charge in [0.15, 0.2) is 0 Å². The lowest BCUT2D eigenvalue weighted by molar-refractivity contribution is -0.140. The number of hydrogen-bond donors (Lipinski definition) is 0. The number of fused-ring (bicyclic) bond motifs is 1. The van der Waals surface area contributed by atoms with Crippen molar-refractivity contribution < 1.29 is 14.3 Å². The highest BCUT2D eigenvalue weighted by atomic mass is 32.2. The van der Waals surface area contributed by atoms with Crippen LogP contribution in [0.5, 0.6) is 5.75 Å². The van der Waals surface area contributed by atoms with Gasteiger partial charge in [0.25, 0.3) is 0 Å². The average molecular weight is 224 g/mol. The molecule has 80 valence electrons. The highest BCUT2D eigenvalue weighted by Crippen LogP contribution is 2.36. The summed E-state index contributed by atoms with van der Waals surface area (Å²) in [5, 5.41) is -0.154. The van der Waals surface area contributed by atoms with E-state index in [1.807, 2.05) is 24.3 Å². The summed E-state index contributed by atoms with van der Waals surface area (Å²) in [4.78, 5) is 12.4. The molecule has 0 saturated heterocycles. The van der Waals surface area contributed by atoms with Crippen LogP contribution in [0.3, 0.4) is 0 Å². The zero-order valence-corrected chi connectivity index (χ0v) is 9.25. The predicted molar refractivity (Wildman–Crippen MR) is 58.2 cm³/mol. The quantitative estimate of drug-likeness (QED) is 0.684. The Morgan fingerprint density at radius 1 is 1.53 bits per heavy atom. The van der Waals surface area contributed by atoms with Crippen LogP contribution in [0.2, 0.25) is 0 Å². The van der Waals surface area contributed by atoms with Gasteiger partial charge in [-0.1, -0.05) is 12.1 Å². The van der Waals surface area contributed by atoms with Crippen molar-refractivity contribution in [1.82, 2.24) is 0 Å². The predicted octanol–water partition coefficient (Wildman–Crippen LogP) is 2.10. The lowest BCUT2D eigenvalue weighted by atomic mass is 10.3. The molecule has 0 spiro atoms. The van der Waals surface area contributed by atoms with Crippen LogP contribution < -0.4 is 4.74 Å². The molecule has 15 heavy (non-hydrogen) atoms. The van der Waals surface area contributed by atoms with Crippen LogP contribution in [0.1, 0.15) is 6.42 Å². The monoisotopic (exact) mass is 224 g/mol. The Labute approximate surface area is 92.8 Å². The molecule has 1 aromatic rings. The molecule has 0 radical (unpaired) electrons. The van der Waals surface area contributed by atoms with Crippen LogP contribution in [-0.4, -0.2) is 24.9 Å². The average Bonchev–Trinajstić information content (AvgIpc) is 2.49. The van der Waals surface area contributed by atoms with E-state index in [1.54, 1.807) is 0 Å². The molecule has 1 unspecified atom stereocenters.